The summed E-state index contributed by atoms with van der Waals surface area (Å²) in [5.41, 5.74) is 1.03. The van der Waals surface area contributed by atoms with Gasteiger partial charge in [0, 0.05) is 12.6 Å². The maximum absolute atomic E-state index is 13.7. The summed E-state index contributed by atoms with van der Waals surface area (Å²) in [6, 6.07) is 5.94. The molecule has 1 aliphatic carbocycles. The molecule has 1 saturated heterocycles. The molecule has 21 heavy (non-hydrogen) atoms. The second-order valence-corrected chi connectivity index (χ2v) is 6.37. The topological polar surface area (TPSA) is 24.5 Å². The molecular weight excluding hydrogens is 267 g/mol. The average molecular weight is 292 g/mol. The lowest BCUT2D eigenvalue weighted by Crippen LogP contribution is -2.42. The van der Waals surface area contributed by atoms with Crippen molar-refractivity contribution in [1.29, 1.82) is 0 Å². The predicted molar refractivity (Wildman–Crippen MR) is 82.0 cm³/mol. The van der Waals surface area contributed by atoms with Gasteiger partial charge in [-0.2, -0.15) is 0 Å². The first kappa shape index (κ1) is 14.8. The van der Waals surface area contributed by atoms with E-state index in [-0.39, 0.29) is 5.82 Å². The van der Waals surface area contributed by atoms with E-state index in [2.05, 4.69) is 10.2 Å². The minimum atomic E-state index is -0.268. The third kappa shape index (κ3) is 4.17. The van der Waals surface area contributed by atoms with Crippen molar-refractivity contribution in [3.63, 3.8) is 0 Å². The Hall–Kier alpha value is -1.13. The van der Waals surface area contributed by atoms with Gasteiger partial charge in [0.1, 0.15) is 0 Å². The lowest BCUT2D eigenvalue weighted by atomic mass is 10.0. The van der Waals surface area contributed by atoms with Gasteiger partial charge in [0.05, 0.1) is 7.11 Å². The molecule has 1 N–H and O–H groups in total. The number of ether oxygens (including phenoxy) is 1. The smallest absolute Gasteiger partial charge is 0.165 e. The van der Waals surface area contributed by atoms with Crippen molar-refractivity contribution in [3.8, 4) is 5.75 Å². The first-order valence-corrected chi connectivity index (χ1v) is 8.03. The largest absolute Gasteiger partial charge is 0.494 e. The van der Waals surface area contributed by atoms with Crippen molar-refractivity contribution >= 4 is 0 Å². The van der Waals surface area contributed by atoms with Gasteiger partial charge in [-0.15, -0.1) is 0 Å². The highest BCUT2D eigenvalue weighted by Gasteiger charge is 2.24. The Balaban J connectivity index is 1.44. The molecule has 3 rings (SSSR count). The predicted octanol–water partition coefficient (Wildman–Crippen LogP) is 2.80. The summed E-state index contributed by atoms with van der Waals surface area (Å²) in [7, 11) is 1.50. The number of piperidine rings is 1. The van der Waals surface area contributed by atoms with E-state index in [1.807, 2.05) is 6.07 Å². The van der Waals surface area contributed by atoms with Crippen LogP contribution in [-0.4, -0.2) is 37.7 Å². The van der Waals surface area contributed by atoms with Gasteiger partial charge in [0.15, 0.2) is 11.6 Å². The van der Waals surface area contributed by atoms with Gasteiger partial charge in [0.2, 0.25) is 0 Å². The van der Waals surface area contributed by atoms with Crippen molar-refractivity contribution in [1.82, 2.24) is 10.2 Å². The number of hydrogen-bond acceptors (Lipinski definition) is 3. The number of nitrogens with zero attached hydrogens (tertiary/aromatic N) is 1. The molecule has 0 spiro atoms. The van der Waals surface area contributed by atoms with E-state index < -0.39 is 0 Å². The number of methoxy groups -OCH3 is 1. The van der Waals surface area contributed by atoms with Crippen LogP contribution in [0.2, 0.25) is 0 Å². The summed E-state index contributed by atoms with van der Waals surface area (Å²) in [5, 5.41) is 3.69. The van der Waals surface area contributed by atoms with Crippen LogP contribution < -0.4 is 10.1 Å². The fourth-order valence-corrected chi connectivity index (χ4v) is 3.02. The lowest BCUT2D eigenvalue weighted by molar-refractivity contribution is 0.190. The number of rotatable bonds is 6. The first-order valence-electron chi connectivity index (χ1n) is 8.03. The highest BCUT2D eigenvalue weighted by Crippen LogP contribution is 2.28. The summed E-state index contributed by atoms with van der Waals surface area (Å²) in [4.78, 5) is 2.41. The summed E-state index contributed by atoms with van der Waals surface area (Å²) >= 11 is 0. The molecular formula is C17H25FN2O. The molecule has 2 fully saturated rings. The minimum Gasteiger partial charge on any atom is -0.494 e. The average Bonchev–Trinajstić information content (AvgIpc) is 3.31. The third-order valence-electron chi connectivity index (χ3n) is 4.60. The molecule has 4 heteroatoms. The van der Waals surface area contributed by atoms with Crippen LogP contribution in [0, 0.1) is 11.7 Å². The molecule has 0 unspecified atom stereocenters. The fraction of sp³-hybridized carbons (Fsp3) is 0.647. The van der Waals surface area contributed by atoms with Crippen LogP contribution in [-0.2, 0) is 6.54 Å². The van der Waals surface area contributed by atoms with Crippen molar-refractivity contribution in [3.05, 3.63) is 29.6 Å². The zero-order valence-corrected chi connectivity index (χ0v) is 12.8. The van der Waals surface area contributed by atoms with Crippen molar-refractivity contribution in [2.75, 3.05) is 26.7 Å². The van der Waals surface area contributed by atoms with Gasteiger partial charge in [-0.05, 0) is 68.9 Å². The van der Waals surface area contributed by atoms with E-state index in [4.69, 9.17) is 4.74 Å². The van der Waals surface area contributed by atoms with Crippen LogP contribution in [0.4, 0.5) is 4.39 Å². The standard InChI is InChI=1S/C17H25FN2O/c1-21-17-5-4-14(10-16(17)18)12-20-8-6-15(7-9-20)19-11-13-2-3-13/h4-5,10,13,15,19H,2-3,6-9,11-12H2,1H3. The van der Waals surface area contributed by atoms with Gasteiger partial charge in [0.25, 0.3) is 0 Å². The number of halogens is 1. The zero-order chi connectivity index (χ0) is 14.7. The fourth-order valence-electron chi connectivity index (χ4n) is 3.02. The van der Waals surface area contributed by atoms with Crippen LogP contribution in [0.5, 0.6) is 5.75 Å². The zero-order valence-electron chi connectivity index (χ0n) is 12.8. The molecule has 0 atom stereocenters. The molecule has 0 radical (unpaired) electrons. The van der Waals surface area contributed by atoms with Crippen LogP contribution in [0.1, 0.15) is 31.2 Å². The second-order valence-electron chi connectivity index (χ2n) is 6.37. The Morgan fingerprint density at radius 3 is 2.62 bits per heavy atom. The third-order valence-corrected chi connectivity index (χ3v) is 4.60. The maximum Gasteiger partial charge on any atom is 0.165 e. The quantitative estimate of drug-likeness (QED) is 0.872. The normalized spacial score (nSPS) is 20.7. The minimum absolute atomic E-state index is 0.268. The number of likely N-dealkylation sites (tertiary alicyclic amines) is 1. The summed E-state index contributed by atoms with van der Waals surface area (Å²) in [6.45, 7) is 4.22. The van der Waals surface area contributed by atoms with Crippen molar-refractivity contribution in [2.45, 2.75) is 38.3 Å². The van der Waals surface area contributed by atoms with Crippen LogP contribution >= 0.6 is 0 Å². The molecule has 1 saturated carbocycles. The molecule has 0 aromatic heterocycles. The Morgan fingerprint density at radius 1 is 1.24 bits per heavy atom. The molecule has 2 aliphatic rings. The number of nitrogens with one attached hydrogen (secondary N) is 1. The highest BCUT2D eigenvalue weighted by atomic mass is 19.1. The Morgan fingerprint density at radius 2 is 2.00 bits per heavy atom. The lowest BCUT2D eigenvalue weighted by Gasteiger charge is -2.32. The number of hydrogen-bond donors (Lipinski definition) is 1. The van der Waals surface area contributed by atoms with Crippen LogP contribution in [0.15, 0.2) is 18.2 Å². The molecule has 0 bridgehead atoms. The maximum atomic E-state index is 13.7. The van der Waals surface area contributed by atoms with E-state index in [0.717, 1.165) is 31.1 Å². The second kappa shape index (κ2) is 6.75. The van der Waals surface area contributed by atoms with E-state index in [1.165, 1.54) is 39.3 Å². The van der Waals surface area contributed by atoms with Gasteiger partial charge < -0.3 is 10.1 Å². The molecule has 1 heterocycles. The van der Waals surface area contributed by atoms with E-state index in [0.29, 0.717) is 11.8 Å². The molecule has 0 amide bonds. The van der Waals surface area contributed by atoms with E-state index in [1.54, 1.807) is 12.1 Å². The SMILES string of the molecule is COc1ccc(CN2CCC(NCC3CC3)CC2)cc1F. The highest BCUT2D eigenvalue weighted by molar-refractivity contribution is 5.29. The molecule has 116 valence electrons. The molecule has 1 aromatic rings. The number of benzene rings is 1. The Labute approximate surface area is 126 Å². The summed E-state index contributed by atoms with van der Waals surface area (Å²) in [5.74, 6) is 1.00. The molecule has 1 aromatic carbocycles. The van der Waals surface area contributed by atoms with Crippen molar-refractivity contribution in [2.24, 2.45) is 5.92 Å². The van der Waals surface area contributed by atoms with Gasteiger partial charge in [-0.1, -0.05) is 6.07 Å². The van der Waals surface area contributed by atoms with Crippen LogP contribution in [0.3, 0.4) is 0 Å². The molecule has 3 nitrogen and oxygen atoms in total. The van der Waals surface area contributed by atoms with E-state index >= 15 is 0 Å². The Kier molecular flexibility index (Phi) is 4.76. The summed E-state index contributed by atoms with van der Waals surface area (Å²) in [6.07, 6.45) is 5.22. The van der Waals surface area contributed by atoms with Crippen molar-refractivity contribution < 1.29 is 9.13 Å². The van der Waals surface area contributed by atoms with Gasteiger partial charge in [-0.25, -0.2) is 4.39 Å². The molecule has 1 aliphatic heterocycles. The first-order chi connectivity index (χ1) is 10.2. The van der Waals surface area contributed by atoms with Crippen LogP contribution in [0.25, 0.3) is 0 Å². The Bertz CT molecular complexity index is 468. The van der Waals surface area contributed by atoms with Gasteiger partial charge in [-0.3, -0.25) is 4.90 Å². The van der Waals surface area contributed by atoms with Gasteiger partial charge >= 0.3 is 0 Å². The summed E-state index contributed by atoms with van der Waals surface area (Å²) < 4.78 is 18.7. The monoisotopic (exact) mass is 292 g/mol. The van der Waals surface area contributed by atoms with E-state index in [9.17, 15) is 4.39 Å².